The molecule has 36 heavy (non-hydrogen) atoms. The van der Waals surface area contributed by atoms with Crippen molar-refractivity contribution >= 4 is 31.6 Å². The van der Waals surface area contributed by atoms with Gasteiger partial charge in [0.25, 0.3) is 5.91 Å². The standard InChI is InChI=1S/C28H35FN2O4Si/c1-19-26(36(2,3)29)24(14-16-32)35-28(19)22-11-4-5-12-23(22)31(27(28)34)18-20-9-8-10-21(17-20)30-15-7-6-13-25(30)33/h4-5,8-12,17,19,24,26,32H,6-7,13-16,18H2,1-3H3/t19-,24+,26-,28+/m1/s1. The fraction of sp³-hybridized carbons (Fsp3) is 0.500. The maximum Gasteiger partial charge on any atom is 0.264 e. The van der Waals surface area contributed by atoms with Gasteiger partial charge in [-0.05, 0) is 56.1 Å². The van der Waals surface area contributed by atoms with Crippen molar-refractivity contribution in [3.8, 4) is 0 Å². The number of fused-ring (bicyclic) bond motifs is 2. The summed E-state index contributed by atoms with van der Waals surface area (Å²) >= 11 is 0. The minimum absolute atomic E-state index is 0.115. The van der Waals surface area contributed by atoms with Gasteiger partial charge in [0.15, 0.2) is 5.60 Å². The lowest BCUT2D eigenvalue weighted by atomic mass is 9.82. The van der Waals surface area contributed by atoms with E-state index in [4.69, 9.17) is 4.74 Å². The number of aliphatic hydroxyl groups is 1. The number of halogens is 1. The van der Waals surface area contributed by atoms with E-state index in [1.165, 1.54) is 0 Å². The molecule has 6 nitrogen and oxygen atoms in total. The average molecular weight is 511 g/mol. The third-order valence-corrected chi connectivity index (χ3v) is 10.6. The number of nitrogens with zero attached hydrogens (tertiary/aromatic N) is 2. The van der Waals surface area contributed by atoms with Gasteiger partial charge in [-0.3, -0.25) is 9.59 Å². The highest BCUT2D eigenvalue weighted by Gasteiger charge is 2.66. The first-order valence-corrected chi connectivity index (χ1v) is 15.9. The Hall–Kier alpha value is -2.55. The second-order valence-electron chi connectivity index (χ2n) is 10.9. The normalized spacial score (nSPS) is 28.3. The summed E-state index contributed by atoms with van der Waals surface area (Å²) in [4.78, 5) is 30.3. The van der Waals surface area contributed by atoms with Crippen LogP contribution >= 0.6 is 0 Å². The summed E-state index contributed by atoms with van der Waals surface area (Å²) in [7, 11) is -3.21. The number of carbonyl (C=O) groups excluding carboxylic acids is 2. The van der Waals surface area contributed by atoms with Crippen LogP contribution in [0.1, 0.15) is 43.7 Å². The molecule has 0 saturated carbocycles. The van der Waals surface area contributed by atoms with Crippen molar-refractivity contribution in [2.24, 2.45) is 5.92 Å². The summed E-state index contributed by atoms with van der Waals surface area (Å²) in [6.45, 7) is 6.18. The fourth-order valence-electron chi connectivity index (χ4n) is 6.64. The van der Waals surface area contributed by atoms with Crippen molar-refractivity contribution in [1.82, 2.24) is 0 Å². The summed E-state index contributed by atoms with van der Waals surface area (Å²) in [6, 6.07) is 15.4. The molecule has 2 aromatic carbocycles. The molecule has 5 rings (SSSR count). The lowest BCUT2D eigenvalue weighted by molar-refractivity contribution is -0.146. The van der Waals surface area contributed by atoms with Gasteiger partial charge in [0, 0.05) is 42.3 Å². The lowest BCUT2D eigenvalue weighted by Gasteiger charge is -2.31. The molecule has 0 aliphatic carbocycles. The predicted octanol–water partition coefficient (Wildman–Crippen LogP) is 4.91. The van der Waals surface area contributed by atoms with Crippen molar-refractivity contribution in [3.05, 3.63) is 59.7 Å². The molecular weight excluding hydrogens is 475 g/mol. The minimum atomic E-state index is -3.21. The zero-order valence-electron chi connectivity index (χ0n) is 21.2. The van der Waals surface area contributed by atoms with Crippen molar-refractivity contribution in [2.75, 3.05) is 23.0 Å². The zero-order chi connectivity index (χ0) is 25.7. The van der Waals surface area contributed by atoms with Gasteiger partial charge in [0.1, 0.15) is 0 Å². The second-order valence-corrected chi connectivity index (χ2v) is 14.7. The van der Waals surface area contributed by atoms with Crippen LogP contribution in [0.3, 0.4) is 0 Å². The molecule has 0 unspecified atom stereocenters. The number of para-hydroxylation sites is 1. The van der Waals surface area contributed by atoms with Crippen LogP contribution in [0.25, 0.3) is 0 Å². The molecule has 0 radical (unpaired) electrons. The van der Waals surface area contributed by atoms with Gasteiger partial charge in [-0.25, -0.2) is 0 Å². The van der Waals surface area contributed by atoms with Crippen LogP contribution < -0.4 is 9.80 Å². The largest absolute Gasteiger partial charge is 0.396 e. The SMILES string of the molecule is C[C@@H]1[C@@H]([Si](C)(C)F)[C@H](CCO)O[C@@]12C(=O)N(Cc1cccc(N3CCCCC3=O)c1)c1ccccc12. The smallest absolute Gasteiger partial charge is 0.264 e. The first kappa shape index (κ1) is 25.1. The van der Waals surface area contributed by atoms with Crippen molar-refractivity contribution in [3.63, 3.8) is 0 Å². The van der Waals surface area contributed by atoms with E-state index in [2.05, 4.69) is 0 Å². The number of benzene rings is 2. The molecule has 3 aliphatic heterocycles. The zero-order valence-corrected chi connectivity index (χ0v) is 22.2. The van der Waals surface area contributed by atoms with E-state index in [1.54, 1.807) is 18.0 Å². The van der Waals surface area contributed by atoms with E-state index < -0.39 is 25.7 Å². The van der Waals surface area contributed by atoms with Gasteiger partial charge in [0.2, 0.25) is 14.3 Å². The molecule has 2 aromatic rings. The number of amides is 2. The third-order valence-electron chi connectivity index (χ3n) is 8.17. The van der Waals surface area contributed by atoms with Gasteiger partial charge < -0.3 is 23.8 Å². The molecule has 1 spiro atoms. The first-order chi connectivity index (χ1) is 17.2. The monoisotopic (exact) mass is 510 g/mol. The van der Waals surface area contributed by atoms with Gasteiger partial charge >= 0.3 is 0 Å². The Balaban J connectivity index is 1.51. The van der Waals surface area contributed by atoms with Crippen LogP contribution in [0, 0.1) is 5.92 Å². The quantitative estimate of drug-likeness (QED) is 0.443. The Morgan fingerprint density at radius 3 is 2.64 bits per heavy atom. The molecular formula is C28H35FN2O4Si. The van der Waals surface area contributed by atoms with Gasteiger partial charge in [-0.2, -0.15) is 0 Å². The van der Waals surface area contributed by atoms with Gasteiger partial charge in [0.05, 0.1) is 18.3 Å². The number of piperidine rings is 1. The van der Waals surface area contributed by atoms with Crippen molar-refractivity contribution < 1.29 is 23.5 Å². The number of anilines is 2. The van der Waals surface area contributed by atoms with E-state index in [0.717, 1.165) is 35.3 Å². The van der Waals surface area contributed by atoms with Crippen molar-refractivity contribution in [2.45, 2.75) is 69.5 Å². The minimum Gasteiger partial charge on any atom is -0.396 e. The highest BCUT2D eigenvalue weighted by molar-refractivity contribution is 6.72. The van der Waals surface area contributed by atoms with Crippen molar-refractivity contribution in [1.29, 1.82) is 0 Å². The first-order valence-electron chi connectivity index (χ1n) is 13.0. The van der Waals surface area contributed by atoms with Crippen LogP contribution in [0.15, 0.2) is 48.5 Å². The number of carbonyl (C=O) groups is 2. The Bertz CT molecular complexity index is 1170. The second kappa shape index (κ2) is 9.39. The van der Waals surface area contributed by atoms with Gasteiger partial charge in [-0.15, -0.1) is 0 Å². The number of ether oxygens (including phenoxy) is 1. The summed E-state index contributed by atoms with van der Waals surface area (Å²) in [5.74, 6) is -0.414. The topological polar surface area (TPSA) is 70.1 Å². The summed E-state index contributed by atoms with van der Waals surface area (Å²) < 4.78 is 22.1. The highest BCUT2D eigenvalue weighted by atomic mass is 28.4. The van der Waals surface area contributed by atoms with Crippen LogP contribution in [-0.2, 0) is 26.5 Å². The van der Waals surface area contributed by atoms with Crippen LogP contribution in [0.4, 0.5) is 15.5 Å². The molecule has 2 saturated heterocycles. The van der Waals surface area contributed by atoms with E-state index in [9.17, 15) is 14.7 Å². The summed E-state index contributed by atoms with van der Waals surface area (Å²) in [5.41, 5.74) is 1.64. The molecule has 8 heteroatoms. The Labute approximate surface area is 213 Å². The molecule has 0 bridgehead atoms. The van der Waals surface area contributed by atoms with Crippen LogP contribution in [0.5, 0.6) is 0 Å². The number of aliphatic hydroxyl groups excluding tert-OH is 1. The van der Waals surface area contributed by atoms with Crippen LogP contribution in [0.2, 0.25) is 18.6 Å². The average Bonchev–Trinajstić information content (AvgIpc) is 3.27. The highest BCUT2D eigenvalue weighted by Crippen LogP contribution is 2.60. The van der Waals surface area contributed by atoms with E-state index in [1.807, 2.05) is 60.4 Å². The third kappa shape index (κ3) is 3.99. The predicted molar refractivity (Wildman–Crippen MR) is 140 cm³/mol. The number of hydrogen-bond donors (Lipinski definition) is 1. The van der Waals surface area contributed by atoms with Gasteiger partial charge in [-0.1, -0.05) is 37.3 Å². The Kier molecular flexibility index (Phi) is 6.55. The maximum atomic E-state index is 15.6. The fourth-order valence-corrected chi connectivity index (χ4v) is 9.18. The Morgan fingerprint density at radius 2 is 1.92 bits per heavy atom. The van der Waals surface area contributed by atoms with E-state index in [0.29, 0.717) is 25.9 Å². The molecule has 2 fully saturated rings. The molecule has 3 heterocycles. The van der Waals surface area contributed by atoms with Crippen LogP contribution in [-0.4, -0.2) is 44.6 Å². The lowest BCUT2D eigenvalue weighted by Crippen LogP contribution is -2.45. The number of rotatable bonds is 6. The molecule has 3 aliphatic rings. The summed E-state index contributed by atoms with van der Waals surface area (Å²) in [5, 5.41) is 9.68. The molecule has 4 atom stereocenters. The molecule has 1 N–H and O–H groups in total. The molecule has 2 amide bonds. The Morgan fingerprint density at radius 1 is 1.14 bits per heavy atom. The van der Waals surface area contributed by atoms with E-state index >= 15 is 4.11 Å². The molecule has 0 aromatic heterocycles. The van der Waals surface area contributed by atoms with E-state index in [-0.39, 0.29) is 24.3 Å². The molecule has 192 valence electrons. The summed E-state index contributed by atoms with van der Waals surface area (Å²) in [6.07, 6.45) is 2.26. The number of hydrogen-bond acceptors (Lipinski definition) is 4. The maximum absolute atomic E-state index is 15.6.